The van der Waals surface area contributed by atoms with Gasteiger partial charge in [-0.3, -0.25) is 9.59 Å². The van der Waals surface area contributed by atoms with Crippen LogP contribution in [0, 0.1) is 29.6 Å². The smallest absolute Gasteiger partial charge is 0.304 e. The summed E-state index contributed by atoms with van der Waals surface area (Å²) >= 11 is 0. The molecule has 5 unspecified atom stereocenters. The van der Waals surface area contributed by atoms with Crippen LogP contribution in [-0.4, -0.2) is 16.9 Å². The number of ketones is 1. The number of Topliss-reactive ketones (excluding diaryl/α,β-unsaturated/α-hetero) is 1. The van der Waals surface area contributed by atoms with Crippen LogP contribution < -0.4 is 0 Å². The molecule has 0 heterocycles. The third-order valence-corrected chi connectivity index (χ3v) is 4.80. The van der Waals surface area contributed by atoms with Gasteiger partial charge >= 0.3 is 5.97 Å². The van der Waals surface area contributed by atoms with Gasteiger partial charge in [0.25, 0.3) is 0 Å². The normalized spacial score (nSPS) is 47.2. The quantitative estimate of drug-likeness (QED) is 0.751. The van der Waals surface area contributed by atoms with Crippen LogP contribution in [0.3, 0.4) is 0 Å². The zero-order chi connectivity index (χ0) is 10.6. The molecule has 5 atom stereocenters. The first kappa shape index (κ1) is 9.37. The lowest BCUT2D eigenvalue weighted by molar-refractivity contribution is -0.140. The van der Waals surface area contributed by atoms with Crippen molar-refractivity contribution in [3.63, 3.8) is 0 Å². The number of rotatable bonds is 2. The Bertz CT molecular complexity index is 323. The molecule has 3 aliphatic carbocycles. The minimum absolute atomic E-state index is 0.0608. The molecule has 3 heteroatoms. The monoisotopic (exact) mass is 208 g/mol. The summed E-state index contributed by atoms with van der Waals surface area (Å²) in [5.74, 6) is 1.42. The Labute approximate surface area is 88.9 Å². The SMILES string of the molecule is O=C(O)CC1CC2C3CCC(C3)C2C1=O. The van der Waals surface area contributed by atoms with Gasteiger partial charge < -0.3 is 5.11 Å². The van der Waals surface area contributed by atoms with Crippen LogP contribution in [0.2, 0.25) is 0 Å². The molecule has 0 amide bonds. The summed E-state index contributed by atoms with van der Waals surface area (Å²) in [5.41, 5.74) is 0. The standard InChI is InChI=1S/C12H16O3/c13-10(14)5-8-4-9-6-1-2-7(3-6)11(9)12(8)15/h6-9,11H,1-5H2,(H,13,14). The van der Waals surface area contributed by atoms with Crippen LogP contribution in [0.15, 0.2) is 0 Å². The van der Waals surface area contributed by atoms with Crippen molar-refractivity contribution >= 4 is 11.8 Å². The van der Waals surface area contributed by atoms with E-state index in [-0.39, 0.29) is 24.0 Å². The molecule has 82 valence electrons. The summed E-state index contributed by atoms with van der Waals surface area (Å²) in [4.78, 5) is 22.7. The van der Waals surface area contributed by atoms with Crippen molar-refractivity contribution in [2.24, 2.45) is 29.6 Å². The number of fused-ring (bicyclic) bond motifs is 5. The zero-order valence-electron chi connectivity index (χ0n) is 8.69. The minimum atomic E-state index is -0.819. The van der Waals surface area contributed by atoms with Crippen molar-refractivity contribution in [2.75, 3.05) is 0 Å². The predicted octanol–water partition coefficient (Wildman–Crippen LogP) is 1.71. The second kappa shape index (κ2) is 3.06. The van der Waals surface area contributed by atoms with Crippen molar-refractivity contribution < 1.29 is 14.7 Å². The molecule has 0 spiro atoms. The molecule has 3 saturated carbocycles. The number of carboxylic acids is 1. The number of carbonyl (C=O) groups is 2. The lowest BCUT2D eigenvalue weighted by Gasteiger charge is -2.22. The Morgan fingerprint density at radius 1 is 1.27 bits per heavy atom. The van der Waals surface area contributed by atoms with E-state index in [1.54, 1.807) is 0 Å². The van der Waals surface area contributed by atoms with E-state index in [0.29, 0.717) is 11.8 Å². The molecule has 3 aliphatic rings. The molecule has 0 saturated heterocycles. The van der Waals surface area contributed by atoms with E-state index < -0.39 is 5.97 Å². The van der Waals surface area contributed by atoms with Crippen LogP contribution in [0.25, 0.3) is 0 Å². The molecule has 0 aromatic carbocycles. The molecule has 3 nitrogen and oxygen atoms in total. The van der Waals surface area contributed by atoms with Crippen molar-refractivity contribution in [3.05, 3.63) is 0 Å². The molecule has 15 heavy (non-hydrogen) atoms. The molecule has 3 rings (SSSR count). The van der Waals surface area contributed by atoms with Crippen LogP contribution in [0.5, 0.6) is 0 Å². The average molecular weight is 208 g/mol. The van der Waals surface area contributed by atoms with Gasteiger partial charge in [-0.05, 0) is 43.4 Å². The Hall–Kier alpha value is -0.860. The fourth-order valence-corrected chi connectivity index (χ4v) is 4.30. The van der Waals surface area contributed by atoms with Crippen LogP contribution in [0.4, 0.5) is 0 Å². The second-order valence-electron chi connectivity index (χ2n) is 5.46. The molecule has 0 aromatic rings. The van der Waals surface area contributed by atoms with Crippen LogP contribution in [-0.2, 0) is 9.59 Å². The van der Waals surface area contributed by atoms with Gasteiger partial charge in [-0.25, -0.2) is 0 Å². The zero-order valence-corrected chi connectivity index (χ0v) is 8.69. The molecule has 0 radical (unpaired) electrons. The average Bonchev–Trinajstić information content (AvgIpc) is 2.79. The van der Waals surface area contributed by atoms with Gasteiger partial charge in [0, 0.05) is 11.8 Å². The predicted molar refractivity (Wildman–Crippen MR) is 53.2 cm³/mol. The lowest BCUT2D eigenvalue weighted by atomic mass is 9.81. The van der Waals surface area contributed by atoms with E-state index in [4.69, 9.17) is 5.11 Å². The third-order valence-electron chi connectivity index (χ3n) is 4.80. The van der Waals surface area contributed by atoms with E-state index in [9.17, 15) is 9.59 Å². The van der Waals surface area contributed by atoms with Gasteiger partial charge in [-0.1, -0.05) is 0 Å². The van der Waals surface area contributed by atoms with Crippen molar-refractivity contribution in [1.82, 2.24) is 0 Å². The van der Waals surface area contributed by atoms with Gasteiger partial charge in [0.05, 0.1) is 6.42 Å². The molecular weight excluding hydrogens is 192 g/mol. The topological polar surface area (TPSA) is 54.4 Å². The summed E-state index contributed by atoms with van der Waals surface area (Å²) in [7, 11) is 0. The summed E-state index contributed by atoms with van der Waals surface area (Å²) in [5, 5.41) is 8.75. The number of hydrogen-bond acceptors (Lipinski definition) is 2. The molecule has 1 N–H and O–H groups in total. The van der Waals surface area contributed by atoms with Crippen LogP contribution in [0.1, 0.15) is 32.1 Å². The Morgan fingerprint density at radius 2 is 2.00 bits per heavy atom. The highest BCUT2D eigenvalue weighted by molar-refractivity contribution is 5.89. The van der Waals surface area contributed by atoms with E-state index in [1.165, 1.54) is 19.3 Å². The number of aliphatic carboxylic acids is 1. The number of carbonyl (C=O) groups excluding carboxylic acids is 1. The molecule has 0 aromatic heterocycles. The largest absolute Gasteiger partial charge is 0.481 e. The van der Waals surface area contributed by atoms with Crippen molar-refractivity contribution in [1.29, 1.82) is 0 Å². The Morgan fingerprint density at radius 3 is 2.67 bits per heavy atom. The highest BCUT2D eigenvalue weighted by Gasteiger charge is 2.56. The van der Waals surface area contributed by atoms with Gasteiger partial charge in [-0.15, -0.1) is 0 Å². The maximum Gasteiger partial charge on any atom is 0.304 e. The summed E-state index contributed by atoms with van der Waals surface area (Å²) in [6.45, 7) is 0. The second-order valence-corrected chi connectivity index (χ2v) is 5.46. The fourth-order valence-electron chi connectivity index (χ4n) is 4.30. The van der Waals surface area contributed by atoms with E-state index in [0.717, 1.165) is 12.3 Å². The van der Waals surface area contributed by atoms with Gasteiger partial charge in [0.15, 0.2) is 0 Å². The van der Waals surface area contributed by atoms with Crippen molar-refractivity contribution in [2.45, 2.75) is 32.1 Å². The van der Waals surface area contributed by atoms with Crippen LogP contribution >= 0.6 is 0 Å². The minimum Gasteiger partial charge on any atom is -0.481 e. The van der Waals surface area contributed by atoms with Gasteiger partial charge in [0.2, 0.25) is 0 Å². The molecule has 0 aliphatic heterocycles. The van der Waals surface area contributed by atoms with E-state index in [1.807, 2.05) is 0 Å². The lowest BCUT2D eigenvalue weighted by Crippen LogP contribution is -2.23. The third kappa shape index (κ3) is 1.25. The molecule has 2 bridgehead atoms. The van der Waals surface area contributed by atoms with E-state index in [2.05, 4.69) is 0 Å². The van der Waals surface area contributed by atoms with Gasteiger partial charge in [0.1, 0.15) is 5.78 Å². The number of carboxylic acid groups (broad SMARTS) is 1. The Balaban J connectivity index is 1.78. The first-order valence-electron chi connectivity index (χ1n) is 5.92. The maximum atomic E-state index is 12.0. The summed E-state index contributed by atoms with van der Waals surface area (Å²) < 4.78 is 0. The summed E-state index contributed by atoms with van der Waals surface area (Å²) in [6, 6.07) is 0. The highest BCUT2D eigenvalue weighted by atomic mass is 16.4. The highest BCUT2D eigenvalue weighted by Crippen LogP contribution is 2.58. The van der Waals surface area contributed by atoms with E-state index >= 15 is 0 Å². The number of hydrogen-bond donors (Lipinski definition) is 1. The molecule has 3 fully saturated rings. The Kier molecular flexibility index (Phi) is 1.91. The molecular formula is C12H16O3. The first-order chi connectivity index (χ1) is 7.16. The van der Waals surface area contributed by atoms with Crippen molar-refractivity contribution in [3.8, 4) is 0 Å². The summed E-state index contributed by atoms with van der Waals surface area (Å²) in [6.07, 6.45) is 4.64. The van der Waals surface area contributed by atoms with Gasteiger partial charge in [-0.2, -0.15) is 0 Å². The fraction of sp³-hybridized carbons (Fsp3) is 0.833. The maximum absolute atomic E-state index is 12.0. The first-order valence-corrected chi connectivity index (χ1v) is 5.92.